The van der Waals surface area contributed by atoms with Crippen molar-refractivity contribution in [3.63, 3.8) is 0 Å². The fourth-order valence-corrected chi connectivity index (χ4v) is 4.71. The summed E-state index contributed by atoms with van der Waals surface area (Å²) in [5.74, 6) is 0.0564. The van der Waals surface area contributed by atoms with Crippen molar-refractivity contribution in [2.75, 3.05) is 6.54 Å². The average Bonchev–Trinajstić information content (AvgIpc) is 3.22. The summed E-state index contributed by atoms with van der Waals surface area (Å²) in [6, 6.07) is 4.79. The zero-order chi connectivity index (χ0) is 17.4. The minimum Gasteiger partial charge on any atom is -0.393 e. The van der Waals surface area contributed by atoms with Crippen molar-refractivity contribution in [1.82, 2.24) is 9.88 Å². The van der Waals surface area contributed by atoms with Crippen LogP contribution in [0.25, 0.3) is 10.9 Å². The highest BCUT2D eigenvalue weighted by atomic mass is 19.1. The summed E-state index contributed by atoms with van der Waals surface area (Å²) in [6.45, 7) is 0.781. The standard InChI is InChI=1S/C20H25FN2O2/c21-14-7-8-15-13(12-22-17(15)11-14)10-20(25)23-9-3-5-18(23)16-4-1-2-6-19(16)24/h7-8,11-12,16,18-19,22,24H,1-6,9-10H2/t16-,18-,19-/m1/s1. The largest absolute Gasteiger partial charge is 0.393 e. The highest BCUT2D eigenvalue weighted by Gasteiger charge is 2.38. The Morgan fingerprint density at radius 1 is 1.24 bits per heavy atom. The summed E-state index contributed by atoms with van der Waals surface area (Å²) in [6.07, 6.45) is 7.97. The van der Waals surface area contributed by atoms with E-state index in [0.717, 1.165) is 61.5 Å². The molecule has 2 fully saturated rings. The zero-order valence-electron chi connectivity index (χ0n) is 14.4. The molecule has 134 valence electrons. The molecular formula is C20H25FN2O2. The molecule has 1 amide bonds. The molecule has 1 aliphatic heterocycles. The van der Waals surface area contributed by atoms with Gasteiger partial charge < -0.3 is 15.0 Å². The summed E-state index contributed by atoms with van der Waals surface area (Å²) in [7, 11) is 0. The molecule has 1 saturated carbocycles. The molecule has 0 unspecified atom stereocenters. The number of hydrogen-bond donors (Lipinski definition) is 2. The maximum absolute atomic E-state index is 13.3. The van der Waals surface area contributed by atoms with E-state index in [1.165, 1.54) is 12.1 Å². The van der Waals surface area contributed by atoms with Gasteiger partial charge in [0.15, 0.2) is 0 Å². The number of H-pyrrole nitrogens is 1. The van der Waals surface area contributed by atoms with Crippen molar-refractivity contribution in [1.29, 1.82) is 0 Å². The van der Waals surface area contributed by atoms with Gasteiger partial charge in [-0.2, -0.15) is 0 Å². The predicted molar refractivity (Wildman–Crippen MR) is 94.7 cm³/mol. The van der Waals surface area contributed by atoms with E-state index in [9.17, 15) is 14.3 Å². The summed E-state index contributed by atoms with van der Waals surface area (Å²) in [5.41, 5.74) is 1.64. The Balaban J connectivity index is 1.51. The molecule has 25 heavy (non-hydrogen) atoms. The first-order chi connectivity index (χ1) is 12.1. The van der Waals surface area contributed by atoms with Crippen LogP contribution in [0.2, 0.25) is 0 Å². The minimum absolute atomic E-state index is 0.116. The van der Waals surface area contributed by atoms with Gasteiger partial charge in [0.2, 0.25) is 5.91 Å². The molecule has 0 spiro atoms. The first kappa shape index (κ1) is 16.6. The first-order valence-corrected chi connectivity index (χ1v) is 9.36. The SMILES string of the molecule is O=C(Cc1c[nH]c2cc(F)ccc12)N1CCC[C@@H]1[C@H]1CCCC[C@H]1O. The number of halogens is 1. The van der Waals surface area contributed by atoms with Gasteiger partial charge in [-0.05, 0) is 49.4 Å². The van der Waals surface area contributed by atoms with Crippen LogP contribution < -0.4 is 0 Å². The second-order valence-electron chi connectivity index (χ2n) is 7.49. The second-order valence-corrected chi connectivity index (χ2v) is 7.49. The number of aliphatic hydroxyl groups is 1. The molecule has 2 heterocycles. The number of nitrogens with one attached hydrogen (secondary N) is 1. The van der Waals surface area contributed by atoms with Gasteiger partial charge in [0.1, 0.15) is 5.82 Å². The Hall–Kier alpha value is -1.88. The molecule has 5 heteroatoms. The molecule has 1 saturated heterocycles. The number of fused-ring (bicyclic) bond motifs is 1. The smallest absolute Gasteiger partial charge is 0.227 e. The van der Waals surface area contributed by atoms with Gasteiger partial charge in [0.25, 0.3) is 0 Å². The molecule has 4 rings (SSSR count). The van der Waals surface area contributed by atoms with E-state index >= 15 is 0 Å². The number of benzene rings is 1. The maximum Gasteiger partial charge on any atom is 0.227 e. The van der Waals surface area contributed by atoms with E-state index in [2.05, 4.69) is 4.98 Å². The first-order valence-electron chi connectivity index (χ1n) is 9.36. The lowest BCUT2D eigenvalue weighted by Gasteiger charge is -2.37. The lowest BCUT2D eigenvalue weighted by Crippen LogP contribution is -2.45. The highest BCUT2D eigenvalue weighted by Crippen LogP contribution is 2.35. The van der Waals surface area contributed by atoms with Gasteiger partial charge in [0.05, 0.1) is 12.5 Å². The monoisotopic (exact) mass is 344 g/mol. The van der Waals surface area contributed by atoms with Gasteiger partial charge in [0, 0.05) is 35.6 Å². The van der Waals surface area contributed by atoms with Crippen molar-refractivity contribution in [3.8, 4) is 0 Å². The van der Waals surface area contributed by atoms with E-state index < -0.39 is 0 Å². The normalized spacial score (nSPS) is 27.1. The molecule has 0 radical (unpaired) electrons. The number of amides is 1. The number of carbonyl (C=O) groups excluding carboxylic acids is 1. The molecule has 4 nitrogen and oxygen atoms in total. The van der Waals surface area contributed by atoms with Crippen LogP contribution in [0.3, 0.4) is 0 Å². The topological polar surface area (TPSA) is 56.3 Å². The second kappa shape index (κ2) is 6.79. The minimum atomic E-state index is -0.280. The van der Waals surface area contributed by atoms with Crippen LogP contribution in [0.15, 0.2) is 24.4 Å². The van der Waals surface area contributed by atoms with Crippen molar-refractivity contribution in [3.05, 3.63) is 35.8 Å². The molecule has 0 bridgehead atoms. The van der Waals surface area contributed by atoms with Crippen LogP contribution in [-0.4, -0.2) is 39.6 Å². The van der Waals surface area contributed by atoms with Crippen LogP contribution in [0, 0.1) is 11.7 Å². The van der Waals surface area contributed by atoms with Crippen LogP contribution in [0.1, 0.15) is 44.1 Å². The van der Waals surface area contributed by atoms with Gasteiger partial charge in [-0.15, -0.1) is 0 Å². The Labute approximate surface area is 147 Å². The summed E-state index contributed by atoms with van der Waals surface area (Å²) in [4.78, 5) is 18.0. The third-order valence-corrected chi connectivity index (χ3v) is 5.97. The number of nitrogens with zero attached hydrogens (tertiary/aromatic N) is 1. The number of likely N-dealkylation sites (tertiary alicyclic amines) is 1. The fraction of sp³-hybridized carbons (Fsp3) is 0.550. The molecule has 2 aliphatic rings. The van der Waals surface area contributed by atoms with E-state index in [1.807, 2.05) is 11.1 Å². The Bertz CT molecular complexity index is 772. The molecule has 2 N–H and O–H groups in total. The Kier molecular flexibility index (Phi) is 4.50. The number of carbonyl (C=O) groups is 1. The number of rotatable bonds is 3. The summed E-state index contributed by atoms with van der Waals surface area (Å²) in [5, 5.41) is 11.3. The lowest BCUT2D eigenvalue weighted by atomic mass is 9.80. The van der Waals surface area contributed by atoms with Crippen molar-refractivity contribution < 1.29 is 14.3 Å². The van der Waals surface area contributed by atoms with Gasteiger partial charge >= 0.3 is 0 Å². The Morgan fingerprint density at radius 3 is 2.92 bits per heavy atom. The van der Waals surface area contributed by atoms with Crippen molar-refractivity contribution >= 4 is 16.8 Å². The van der Waals surface area contributed by atoms with Crippen LogP contribution >= 0.6 is 0 Å². The quantitative estimate of drug-likeness (QED) is 0.897. The van der Waals surface area contributed by atoms with Crippen LogP contribution in [0.5, 0.6) is 0 Å². The van der Waals surface area contributed by atoms with Gasteiger partial charge in [-0.1, -0.05) is 12.8 Å². The van der Waals surface area contributed by atoms with E-state index in [0.29, 0.717) is 6.42 Å². The molecule has 2 aromatic rings. The van der Waals surface area contributed by atoms with E-state index in [4.69, 9.17) is 0 Å². The van der Waals surface area contributed by atoms with E-state index in [-0.39, 0.29) is 29.8 Å². The molecule has 3 atom stereocenters. The van der Waals surface area contributed by atoms with Crippen LogP contribution in [0.4, 0.5) is 4.39 Å². The zero-order valence-corrected chi connectivity index (χ0v) is 14.4. The Morgan fingerprint density at radius 2 is 2.08 bits per heavy atom. The molecule has 1 aliphatic carbocycles. The van der Waals surface area contributed by atoms with Crippen molar-refractivity contribution in [2.45, 2.75) is 57.1 Å². The highest BCUT2D eigenvalue weighted by molar-refractivity contribution is 5.89. The average molecular weight is 344 g/mol. The number of aromatic amines is 1. The summed E-state index contributed by atoms with van der Waals surface area (Å²) < 4.78 is 13.3. The lowest BCUT2D eigenvalue weighted by molar-refractivity contribution is -0.133. The van der Waals surface area contributed by atoms with Gasteiger partial charge in [-0.3, -0.25) is 4.79 Å². The molecular weight excluding hydrogens is 319 g/mol. The number of aromatic nitrogens is 1. The molecule has 1 aromatic heterocycles. The summed E-state index contributed by atoms with van der Waals surface area (Å²) >= 11 is 0. The number of hydrogen-bond acceptors (Lipinski definition) is 2. The van der Waals surface area contributed by atoms with Gasteiger partial charge in [-0.25, -0.2) is 4.39 Å². The third kappa shape index (κ3) is 3.17. The van der Waals surface area contributed by atoms with Crippen LogP contribution in [-0.2, 0) is 11.2 Å². The molecule has 1 aromatic carbocycles. The third-order valence-electron chi connectivity index (χ3n) is 5.97. The maximum atomic E-state index is 13.3. The van der Waals surface area contributed by atoms with Crippen molar-refractivity contribution in [2.24, 2.45) is 5.92 Å². The number of aliphatic hydroxyl groups excluding tert-OH is 1. The van der Waals surface area contributed by atoms with E-state index in [1.54, 1.807) is 6.07 Å². The predicted octanol–water partition coefficient (Wildman–Crippen LogP) is 3.39. The fourth-order valence-electron chi connectivity index (χ4n) is 4.71.